The van der Waals surface area contributed by atoms with Gasteiger partial charge in [-0.25, -0.2) is 0 Å². The van der Waals surface area contributed by atoms with Gasteiger partial charge >= 0.3 is 11.9 Å². The van der Waals surface area contributed by atoms with Gasteiger partial charge in [0.2, 0.25) is 0 Å². The van der Waals surface area contributed by atoms with Crippen LogP contribution in [-0.4, -0.2) is 17.0 Å². The first-order valence-corrected chi connectivity index (χ1v) is 12.3. The van der Waals surface area contributed by atoms with Crippen LogP contribution in [0.3, 0.4) is 0 Å². The Labute approximate surface area is 187 Å². The summed E-state index contributed by atoms with van der Waals surface area (Å²) in [4.78, 5) is 26.5. The number of esters is 1. The number of ether oxygens (including phenoxy) is 1. The Balaban J connectivity index is 1.86. The summed E-state index contributed by atoms with van der Waals surface area (Å²) in [6.07, 6.45) is 9.94. The van der Waals surface area contributed by atoms with Crippen LogP contribution in [0.2, 0.25) is 0 Å². The number of carbonyl (C=O) groups excluding carboxylic acids is 1. The second-order valence-electron chi connectivity index (χ2n) is 10.1. The Kier molecular flexibility index (Phi) is 7.82. The van der Waals surface area contributed by atoms with Crippen LogP contribution >= 0.6 is 0 Å². The zero-order valence-corrected chi connectivity index (χ0v) is 19.6. The molecule has 0 aromatic heterocycles. The van der Waals surface area contributed by atoms with E-state index in [2.05, 4.69) is 13.8 Å². The van der Waals surface area contributed by atoms with Crippen LogP contribution < -0.4 is 0 Å². The van der Waals surface area contributed by atoms with Crippen molar-refractivity contribution >= 4 is 11.9 Å². The van der Waals surface area contributed by atoms with Gasteiger partial charge in [-0.15, -0.1) is 0 Å². The van der Waals surface area contributed by atoms with E-state index < -0.39 is 16.8 Å². The highest BCUT2D eigenvalue weighted by Gasteiger charge is 2.72. The SMILES string of the molecule is CCCCCC(CCC)CC1(C(=O)O)C2CCC(C2)C1(C)C(=O)OCc1ccccc1. The highest BCUT2D eigenvalue weighted by Crippen LogP contribution is 2.69. The molecule has 5 unspecified atom stereocenters. The first kappa shape index (κ1) is 23.8. The predicted octanol–water partition coefficient (Wildman–Crippen LogP) is 6.62. The van der Waals surface area contributed by atoms with Gasteiger partial charge in [0.05, 0.1) is 10.8 Å². The zero-order chi connectivity index (χ0) is 22.5. The monoisotopic (exact) mass is 428 g/mol. The third kappa shape index (κ3) is 4.40. The molecule has 4 heteroatoms. The number of fused-ring (bicyclic) bond motifs is 2. The Morgan fingerprint density at radius 2 is 1.77 bits per heavy atom. The summed E-state index contributed by atoms with van der Waals surface area (Å²) in [5.41, 5.74) is -1.02. The molecule has 2 saturated carbocycles. The minimum absolute atomic E-state index is 0.0785. The molecule has 0 aliphatic heterocycles. The van der Waals surface area contributed by atoms with E-state index in [4.69, 9.17) is 4.74 Å². The smallest absolute Gasteiger partial charge is 0.313 e. The molecular weight excluding hydrogens is 388 g/mol. The Bertz CT molecular complexity index is 745. The molecule has 31 heavy (non-hydrogen) atoms. The largest absolute Gasteiger partial charge is 0.481 e. The van der Waals surface area contributed by atoms with Crippen LogP contribution in [0, 0.1) is 28.6 Å². The number of hydrogen-bond acceptors (Lipinski definition) is 3. The zero-order valence-electron chi connectivity index (χ0n) is 19.6. The number of carboxylic acid groups (broad SMARTS) is 1. The predicted molar refractivity (Wildman–Crippen MR) is 122 cm³/mol. The van der Waals surface area contributed by atoms with Crippen molar-refractivity contribution in [1.82, 2.24) is 0 Å². The molecule has 5 atom stereocenters. The molecule has 0 radical (unpaired) electrons. The third-order valence-electron chi connectivity index (χ3n) is 8.41. The normalized spacial score (nSPS) is 30.3. The van der Waals surface area contributed by atoms with Crippen LogP contribution in [0.5, 0.6) is 0 Å². The summed E-state index contributed by atoms with van der Waals surface area (Å²) in [5, 5.41) is 10.6. The average molecular weight is 429 g/mol. The summed E-state index contributed by atoms with van der Waals surface area (Å²) < 4.78 is 5.81. The van der Waals surface area contributed by atoms with Gasteiger partial charge in [-0.3, -0.25) is 9.59 Å². The maximum Gasteiger partial charge on any atom is 0.313 e. The maximum atomic E-state index is 13.6. The van der Waals surface area contributed by atoms with Crippen molar-refractivity contribution in [3.8, 4) is 0 Å². The van der Waals surface area contributed by atoms with Crippen LogP contribution in [0.1, 0.15) is 90.5 Å². The second kappa shape index (κ2) is 10.2. The van der Waals surface area contributed by atoms with Crippen molar-refractivity contribution in [3.05, 3.63) is 35.9 Å². The molecule has 3 rings (SSSR count). The highest BCUT2D eigenvalue weighted by atomic mass is 16.5. The van der Waals surface area contributed by atoms with Crippen molar-refractivity contribution < 1.29 is 19.4 Å². The fourth-order valence-electron chi connectivity index (χ4n) is 6.72. The van der Waals surface area contributed by atoms with Gasteiger partial charge in [0.15, 0.2) is 0 Å². The van der Waals surface area contributed by atoms with Gasteiger partial charge in [-0.2, -0.15) is 0 Å². The van der Waals surface area contributed by atoms with E-state index in [1.165, 1.54) is 6.42 Å². The van der Waals surface area contributed by atoms with Crippen molar-refractivity contribution in [2.45, 2.75) is 91.6 Å². The van der Waals surface area contributed by atoms with Gasteiger partial charge in [-0.1, -0.05) is 82.7 Å². The van der Waals surface area contributed by atoms with E-state index in [9.17, 15) is 14.7 Å². The van der Waals surface area contributed by atoms with E-state index in [-0.39, 0.29) is 24.4 Å². The first-order valence-electron chi connectivity index (χ1n) is 12.3. The van der Waals surface area contributed by atoms with Crippen LogP contribution in [0.4, 0.5) is 0 Å². The number of aliphatic carboxylic acids is 1. The van der Waals surface area contributed by atoms with E-state index in [1.807, 2.05) is 37.3 Å². The lowest BCUT2D eigenvalue weighted by Crippen LogP contribution is -2.56. The summed E-state index contributed by atoms with van der Waals surface area (Å²) in [6, 6.07) is 9.66. The summed E-state index contributed by atoms with van der Waals surface area (Å²) in [6.45, 7) is 6.49. The molecule has 2 bridgehead atoms. The summed E-state index contributed by atoms with van der Waals surface area (Å²) >= 11 is 0. The lowest BCUT2D eigenvalue weighted by Gasteiger charge is -2.48. The molecule has 2 aliphatic carbocycles. The molecule has 0 heterocycles. The van der Waals surface area contributed by atoms with Gasteiger partial charge in [0.25, 0.3) is 0 Å². The molecular formula is C27H40O4. The molecule has 0 spiro atoms. The highest BCUT2D eigenvalue weighted by molar-refractivity contribution is 5.89. The second-order valence-corrected chi connectivity index (χ2v) is 10.1. The topological polar surface area (TPSA) is 63.6 Å². The number of rotatable bonds is 12. The van der Waals surface area contributed by atoms with E-state index in [0.29, 0.717) is 12.3 Å². The van der Waals surface area contributed by atoms with Gasteiger partial charge in [0, 0.05) is 0 Å². The average Bonchev–Trinajstić information content (AvgIpc) is 3.34. The van der Waals surface area contributed by atoms with Crippen LogP contribution in [-0.2, 0) is 20.9 Å². The van der Waals surface area contributed by atoms with Crippen molar-refractivity contribution in [3.63, 3.8) is 0 Å². The van der Waals surface area contributed by atoms with Gasteiger partial charge in [-0.05, 0) is 55.9 Å². The van der Waals surface area contributed by atoms with E-state index in [1.54, 1.807) is 0 Å². The fourth-order valence-corrected chi connectivity index (χ4v) is 6.72. The van der Waals surface area contributed by atoms with Crippen molar-refractivity contribution in [2.24, 2.45) is 28.6 Å². The lowest BCUT2D eigenvalue weighted by atomic mass is 9.53. The number of benzene rings is 1. The molecule has 4 nitrogen and oxygen atoms in total. The van der Waals surface area contributed by atoms with Gasteiger partial charge < -0.3 is 9.84 Å². The molecule has 1 N–H and O–H groups in total. The van der Waals surface area contributed by atoms with E-state index >= 15 is 0 Å². The Morgan fingerprint density at radius 1 is 1.06 bits per heavy atom. The minimum Gasteiger partial charge on any atom is -0.481 e. The molecule has 0 amide bonds. The van der Waals surface area contributed by atoms with Gasteiger partial charge in [0.1, 0.15) is 6.61 Å². The molecule has 1 aromatic rings. The standard InChI is InChI=1S/C27H40O4/c1-4-6-8-12-20(11-5-2)18-27(24(28)29)23-16-15-22(17-23)26(27,3)25(30)31-19-21-13-9-7-10-14-21/h7,9-10,13-14,20,22-23H,4-6,8,11-12,15-19H2,1-3H3,(H,28,29). The Hall–Kier alpha value is -1.84. The third-order valence-corrected chi connectivity index (χ3v) is 8.41. The quantitative estimate of drug-likeness (QED) is 0.300. The van der Waals surface area contributed by atoms with Crippen molar-refractivity contribution in [2.75, 3.05) is 0 Å². The number of hydrogen-bond donors (Lipinski definition) is 1. The molecule has 172 valence electrons. The Morgan fingerprint density at radius 3 is 2.42 bits per heavy atom. The number of unbranched alkanes of at least 4 members (excludes halogenated alkanes) is 2. The van der Waals surface area contributed by atoms with Crippen molar-refractivity contribution in [1.29, 1.82) is 0 Å². The van der Waals surface area contributed by atoms with Crippen LogP contribution in [0.25, 0.3) is 0 Å². The molecule has 0 saturated heterocycles. The summed E-state index contributed by atoms with van der Waals surface area (Å²) in [7, 11) is 0. The lowest BCUT2D eigenvalue weighted by molar-refractivity contribution is -0.186. The fraction of sp³-hybridized carbons (Fsp3) is 0.704. The van der Waals surface area contributed by atoms with E-state index in [0.717, 1.165) is 56.9 Å². The number of carbonyl (C=O) groups is 2. The molecule has 1 aromatic carbocycles. The molecule has 2 aliphatic rings. The maximum absolute atomic E-state index is 13.6. The number of carboxylic acids is 1. The summed E-state index contributed by atoms with van der Waals surface area (Å²) in [5.74, 6) is -0.553. The first-order chi connectivity index (χ1) is 14.9. The minimum atomic E-state index is -1.00. The van der Waals surface area contributed by atoms with Crippen LogP contribution in [0.15, 0.2) is 30.3 Å². The molecule has 2 fully saturated rings.